The molecular weight excluding hydrogens is 463 g/mol. The van der Waals surface area contributed by atoms with E-state index in [4.69, 9.17) is 11.6 Å². The molecular formula is C21H28ClFN2O4S2. The second-order valence-electron chi connectivity index (χ2n) is 8.25. The number of nitrogens with one attached hydrogen (secondary N) is 2. The van der Waals surface area contributed by atoms with Gasteiger partial charge in [-0.05, 0) is 54.0 Å². The van der Waals surface area contributed by atoms with Gasteiger partial charge in [0.1, 0.15) is 5.82 Å². The minimum atomic E-state index is -3.65. The second kappa shape index (κ2) is 9.34. The maximum atomic E-state index is 14.1. The van der Waals surface area contributed by atoms with Gasteiger partial charge in [0, 0.05) is 0 Å². The molecule has 31 heavy (non-hydrogen) atoms. The summed E-state index contributed by atoms with van der Waals surface area (Å²) in [6, 6.07) is 6.10. The fourth-order valence-corrected chi connectivity index (χ4v) is 5.07. The van der Waals surface area contributed by atoms with Crippen LogP contribution in [0.25, 0.3) is 0 Å². The molecule has 0 amide bonds. The molecule has 2 aromatic carbocycles. The van der Waals surface area contributed by atoms with E-state index in [-0.39, 0.29) is 22.5 Å². The fraction of sp³-hybridized carbons (Fsp3) is 0.429. The molecule has 0 fully saturated rings. The molecule has 1 atom stereocenters. The summed E-state index contributed by atoms with van der Waals surface area (Å²) in [4.78, 5) is 0. The largest absolute Gasteiger partial charge is 0.283 e. The molecule has 0 heterocycles. The van der Waals surface area contributed by atoms with Crippen molar-refractivity contribution in [1.82, 2.24) is 0 Å². The minimum absolute atomic E-state index is 0.0473. The molecule has 0 aliphatic rings. The molecule has 0 aliphatic heterocycles. The predicted molar refractivity (Wildman–Crippen MR) is 126 cm³/mol. The van der Waals surface area contributed by atoms with Crippen molar-refractivity contribution in [2.24, 2.45) is 0 Å². The lowest BCUT2D eigenvalue weighted by molar-refractivity contribution is 0.604. The van der Waals surface area contributed by atoms with E-state index >= 15 is 0 Å². The molecule has 0 radical (unpaired) electrons. The second-order valence-corrected chi connectivity index (χ2v) is 12.2. The van der Waals surface area contributed by atoms with Gasteiger partial charge < -0.3 is 0 Å². The van der Waals surface area contributed by atoms with E-state index < -0.39 is 25.9 Å². The minimum Gasteiger partial charge on any atom is -0.283 e. The number of rotatable bonds is 8. The molecule has 0 aliphatic carbocycles. The molecule has 0 saturated heterocycles. The van der Waals surface area contributed by atoms with Crippen molar-refractivity contribution in [3.63, 3.8) is 0 Å². The standard InChI is InChI=1S/C21H28ClFN2O4S2/c1-12(2)17-8-13(3)7-15(20(17)24-30(5,26)27)9-14(4)18-10-16(23)11-19(22)21(18)25-31(6,28)29/h7-8,10-12,14,24-25H,9H2,1-6H3. The first-order chi connectivity index (χ1) is 14.1. The van der Waals surface area contributed by atoms with E-state index in [2.05, 4.69) is 9.44 Å². The van der Waals surface area contributed by atoms with Crippen molar-refractivity contribution in [3.05, 3.63) is 57.4 Å². The Kier molecular flexibility index (Phi) is 7.66. The highest BCUT2D eigenvalue weighted by Gasteiger charge is 2.22. The van der Waals surface area contributed by atoms with Gasteiger partial charge in [-0.2, -0.15) is 0 Å². The number of aryl methyl sites for hydroxylation is 1. The lowest BCUT2D eigenvalue weighted by atomic mass is 9.88. The predicted octanol–water partition coefficient (Wildman–Crippen LogP) is 5.00. The van der Waals surface area contributed by atoms with Gasteiger partial charge in [-0.15, -0.1) is 0 Å². The molecule has 10 heteroatoms. The van der Waals surface area contributed by atoms with Crippen molar-refractivity contribution in [3.8, 4) is 0 Å². The smallest absolute Gasteiger partial charge is 0.229 e. The van der Waals surface area contributed by atoms with E-state index in [1.807, 2.05) is 32.9 Å². The lowest BCUT2D eigenvalue weighted by Crippen LogP contribution is -2.16. The first-order valence-corrected chi connectivity index (χ1v) is 13.8. The Morgan fingerprint density at radius 1 is 0.903 bits per heavy atom. The van der Waals surface area contributed by atoms with Crippen molar-refractivity contribution in [2.45, 2.75) is 46.0 Å². The molecule has 0 saturated carbocycles. The summed E-state index contributed by atoms with van der Waals surface area (Å²) in [6.45, 7) is 7.66. The first-order valence-electron chi connectivity index (χ1n) is 9.65. The van der Waals surface area contributed by atoms with E-state index in [0.29, 0.717) is 17.7 Å². The van der Waals surface area contributed by atoms with Crippen molar-refractivity contribution < 1.29 is 21.2 Å². The zero-order valence-corrected chi connectivity index (χ0v) is 20.8. The molecule has 6 nitrogen and oxygen atoms in total. The third-order valence-corrected chi connectivity index (χ3v) is 6.18. The topological polar surface area (TPSA) is 92.3 Å². The van der Waals surface area contributed by atoms with Gasteiger partial charge >= 0.3 is 0 Å². The molecule has 0 aromatic heterocycles. The summed E-state index contributed by atoms with van der Waals surface area (Å²) in [5, 5.41) is -0.0473. The van der Waals surface area contributed by atoms with Crippen LogP contribution in [0.4, 0.5) is 15.8 Å². The maximum Gasteiger partial charge on any atom is 0.229 e. The first kappa shape index (κ1) is 25.4. The summed E-state index contributed by atoms with van der Waals surface area (Å²) in [5.74, 6) is -0.906. The monoisotopic (exact) mass is 490 g/mol. The highest BCUT2D eigenvalue weighted by atomic mass is 35.5. The van der Waals surface area contributed by atoms with Crippen LogP contribution in [0, 0.1) is 12.7 Å². The number of hydrogen-bond donors (Lipinski definition) is 2. The lowest BCUT2D eigenvalue weighted by Gasteiger charge is -2.23. The van der Waals surface area contributed by atoms with Crippen molar-refractivity contribution >= 4 is 43.0 Å². The summed E-state index contributed by atoms with van der Waals surface area (Å²) in [6.07, 6.45) is 2.41. The summed E-state index contributed by atoms with van der Waals surface area (Å²) in [7, 11) is -7.18. The van der Waals surface area contributed by atoms with Gasteiger partial charge in [0.2, 0.25) is 20.0 Å². The Hall–Kier alpha value is -1.84. The van der Waals surface area contributed by atoms with Crippen molar-refractivity contribution in [2.75, 3.05) is 22.0 Å². The van der Waals surface area contributed by atoms with Gasteiger partial charge in [-0.25, -0.2) is 21.2 Å². The molecule has 0 spiro atoms. The van der Waals surface area contributed by atoms with Gasteiger partial charge in [0.15, 0.2) is 0 Å². The van der Waals surface area contributed by atoms with Crippen LogP contribution in [0.2, 0.25) is 5.02 Å². The number of sulfonamides is 2. The Morgan fingerprint density at radius 2 is 1.45 bits per heavy atom. The van der Waals surface area contributed by atoms with Gasteiger partial charge in [0.25, 0.3) is 0 Å². The van der Waals surface area contributed by atoms with Gasteiger partial charge in [0.05, 0.1) is 28.9 Å². The van der Waals surface area contributed by atoms with Crippen LogP contribution < -0.4 is 9.44 Å². The Labute approximate surface area is 189 Å². The van der Waals surface area contributed by atoms with E-state index in [1.54, 1.807) is 6.92 Å². The fourth-order valence-electron chi connectivity index (χ4n) is 3.53. The van der Waals surface area contributed by atoms with Crippen LogP contribution in [-0.2, 0) is 26.5 Å². The number of halogens is 2. The van der Waals surface area contributed by atoms with Crippen LogP contribution >= 0.6 is 11.6 Å². The van der Waals surface area contributed by atoms with Crippen LogP contribution in [0.15, 0.2) is 24.3 Å². The van der Waals surface area contributed by atoms with Crippen LogP contribution in [0.3, 0.4) is 0 Å². The van der Waals surface area contributed by atoms with Gasteiger partial charge in [-0.3, -0.25) is 9.44 Å². The Balaban J connectivity index is 2.62. The molecule has 2 N–H and O–H groups in total. The highest BCUT2D eigenvalue weighted by Crippen LogP contribution is 2.38. The number of benzene rings is 2. The van der Waals surface area contributed by atoms with E-state index in [1.165, 1.54) is 6.07 Å². The average molecular weight is 491 g/mol. The van der Waals surface area contributed by atoms with Crippen LogP contribution in [0.1, 0.15) is 54.9 Å². The third kappa shape index (κ3) is 7.08. The zero-order valence-electron chi connectivity index (χ0n) is 18.4. The molecule has 0 bridgehead atoms. The number of hydrogen-bond acceptors (Lipinski definition) is 4. The van der Waals surface area contributed by atoms with Crippen LogP contribution in [0.5, 0.6) is 0 Å². The number of anilines is 2. The van der Waals surface area contributed by atoms with Crippen LogP contribution in [-0.4, -0.2) is 29.3 Å². The Bertz CT molecular complexity index is 1200. The summed E-state index contributed by atoms with van der Waals surface area (Å²) < 4.78 is 66.7. The van der Waals surface area contributed by atoms with E-state index in [9.17, 15) is 21.2 Å². The van der Waals surface area contributed by atoms with E-state index in [0.717, 1.165) is 35.3 Å². The molecule has 1 unspecified atom stereocenters. The molecule has 172 valence electrons. The highest BCUT2D eigenvalue weighted by molar-refractivity contribution is 7.92. The normalized spacial score (nSPS) is 13.3. The van der Waals surface area contributed by atoms with Crippen molar-refractivity contribution in [1.29, 1.82) is 0 Å². The Morgan fingerprint density at radius 3 is 1.97 bits per heavy atom. The maximum absolute atomic E-state index is 14.1. The molecule has 2 aromatic rings. The molecule has 2 rings (SSSR count). The third-order valence-electron chi connectivity index (χ3n) is 4.73. The average Bonchev–Trinajstić information content (AvgIpc) is 2.56. The SMILES string of the molecule is Cc1cc(CC(C)c2cc(F)cc(Cl)c2NS(C)(=O)=O)c(NS(C)(=O)=O)c(C(C)C)c1. The zero-order chi connectivity index (χ0) is 23.7. The quantitative estimate of drug-likeness (QED) is 0.544. The summed E-state index contributed by atoms with van der Waals surface area (Å²) in [5.41, 5.74) is 3.53. The summed E-state index contributed by atoms with van der Waals surface area (Å²) >= 11 is 6.14. The van der Waals surface area contributed by atoms with Gasteiger partial charge in [-0.1, -0.05) is 50.1 Å².